The molecule has 0 aromatic heterocycles. The summed E-state index contributed by atoms with van der Waals surface area (Å²) in [5, 5.41) is -4.00. The minimum atomic E-state index is -3.55. The fourth-order valence-corrected chi connectivity index (χ4v) is 1.42. The van der Waals surface area contributed by atoms with Gasteiger partial charge in [0.25, 0.3) is 12.1 Å². The highest BCUT2D eigenvalue weighted by Gasteiger charge is 2.64. The van der Waals surface area contributed by atoms with E-state index in [1.807, 2.05) is 0 Å². The van der Waals surface area contributed by atoms with Crippen molar-refractivity contribution < 1.29 is 22.2 Å². The van der Waals surface area contributed by atoms with Crippen LogP contribution in [0.4, 0.5) is 22.2 Å². The molecule has 0 saturated carbocycles. The molecule has 1 aromatic rings. The average Bonchev–Trinajstić information content (AvgIpc) is 2.47. The lowest BCUT2D eigenvalue weighted by Crippen LogP contribution is -2.39. The lowest BCUT2D eigenvalue weighted by molar-refractivity contribution is -0.402. The highest BCUT2D eigenvalue weighted by Crippen LogP contribution is 2.45. The van der Waals surface area contributed by atoms with E-state index in [0.29, 0.717) is 0 Å². The van der Waals surface area contributed by atoms with E-state index in [4.69, 9.17) is 0 Å². The summed E-state index contributed by atoms with van der Waals surface area (Å²) in [5.74, 6) is -3.55. The molecule has 16 heavy (non-hydrogen) atoms. The van der Waals surface area contributed by atoms with E-state index in [1.165, 1.54) is 18.2 Å². The highest BCUT2D eigenvalue weighted by atomic mass is 19.3. The van der Waals surface area contributed by atoms with E-state index < -0.39 is 33.5 Å². The number of hydrogen-bond donors (Lipinski definition) is 0. The van der Waals surface area contributed by atoms with E-state index in [1.54, 1.807) is 0 Å². The Labute approximate surface area is 87.0 Å². The zero-order valence-corrected chi connectivity index (χ0v) is 7.70. The molecule has 0 amide bonds. The van der Waals surface area contributed by atoms with E-state index in [2.05, 4.69) is 0 Å². The second-order valence-electron chi connectivity index (χ2n) is 3.16. The molecule has 8 heteroatoms. The Kier molecular flexibility index (Phi) is 2.56. The van der Waals surface area contributed by atoms with E-state index in [0.717, 1.165) is 12.1 Å². The minimum Gasteiger partial charge on any atom is -0.220 e. The number of rotatable bonds is 1. The summed E-state index contributed by atoms with van der Waals surface area (Å²) in [6.45, 7) is 0. The van der Waals surface area contributed by atoms with Gasteiger partial charge in [0.05, 0.1) is 5.34 Å². The Bertz CT molecular complexity index is 361. The first-order chi connectivity index (χ1) is 7.49. The largest absolute Gasteiger partial charge is 0.283 e. The zero-order valence-electron chi connectivity index (χ0n) is 7.70. The molecule has 1 aliphatic heterocycles. The Morgan fingerprint density at radius 3 is 2.06 bits per heavy atom. The molecule has 0 bridgehead atoms. The predicted octanol–water partition coefficient (Wildman–Crippen LogP) is 2.51. The number of alkyl halides is 2. The van der Waals surface area contributed by atoms with Crippen LogP contribution in [0, 0.1) is 0 Å². The summed E-state index contributed by atoms with van der Waals surface area (Å²) in [7, 11) is 0. The van der Waals surface area contributed by atoms with Gasteiger partial charge in [0.2, 0.25) is 0 Å². The summed E-state index contributed by atoms with van der Waals surface area (Å²) in [5.41, 5.74) is -0.534. The van der Waals surface area contributed by atoms with Crippen LogP contribution in [-0.4, -0.2) is 22.1 Å². The maximum absolute atomic E-state index is 13.9. The Morgan fingerprint density at radius 2 is 1.62 bits per heavy atom. The quantitative estimate of drug-likeness (QED) is 0.423. The van der Waals surface area contributed by atoms with Crippen molar-refractivity contribution in [2.75, 3.05) is 0 Å². The maximum atomic E-state index is 13.9. The molecule has 2 atom stereocenters. The standard InChI is InChI=1S/C8H6F5N3/c9-7-8(10,6-4-2-1-3-5-6)15(12)16(13)14(7)11/h1-5,7H. The van der Waals surface area contributed by atoms with Crippen LogP contribution in [0.3, 0.4) is 0 Å². The van der Waals surface area contributed by atoms with Gasteiger partial charge in [-0.3, -0.25) is 0 Å². The third-order valence-electron chi connectivity index (χ3n) is 2.25. The summed E-state index contributed by atoms with van der Waals surface area (Å²) in [6.07, 6.45) is -3.13. The van der Waals surface area contributed by atoms with Gasteiger partial charge in [0.1, 0.15) is 0 Å². The third-order valence-corrected chi connectivity index (χ3v) is 2.25. The van der Waals surface area contributed by atoms with Gasteiger partial charge in [-0.15, -0.1) is 8.96 Å². The molecule has 1 aliphatic rings. The molecule has 1 saturated heterocycles. The Hall–Kier alpha value is -1.25. The first kappa shape index (κ1) is 11.2. The van der Waals surface area contributed by atoms with Crippen LogP contribution >= 0.6 is 0 Å². The molecule has 0 spiro atoms. The Morgan fingerprint density at radius 1 is 1.06 bits per heavy atom. The minimum absolute atomic E-state index is 0.534. The molecule has 1 heterocycles. The molecule has 2 rings (SSSR count). The van der Waals surface area contributed by atoms with Crippen LogP contribution < -0.4 is 0 Å². The molecule has 2 unspecified atom stereocenters. The third kappa shape index (κ3) is 1.30. The summed E-state index contributed by atoms with van der Waals surface area (Å²) in [4.78, 5) is 0. The topological polar surface area (TPSA) is 9.72 Å². The lowest BCUT2D eigenvalue weighted by Gasteiger charge is -2.22. The SMILES string of the molecule is FC1N(F)N(F)N(F)C1(F)c1ccccc1. The molecule has 0 aliphatic carbocycles. The van der Waals surface area contributed by atoms with Crippen molar-refractivity contribution in [2.24, 2.45) is 0 Å². The van der Waals surface area contributed by atoms with Crippen LogP contribution in [0.1, 0.15) is 5.56 Å². The average molecular weight is 239 g/mol. The van der Waals surface area contributed by atoms with Crippen molar-refractivity contribution >= 4 is 0 Å². The van der Waals surface area contributed by atoms with Crippen LogP contribution in [0.2, 0.25) is 0 Å². The van der Waals surface area contributed by atoms with Gasteiger partial charge < -0.3 is 0 Å². The molecule has 0 N–H and O–H groups in total. The highest BCUT2D eigenvalue weighted by molar-refractivity contribution is 5.23. The molecular formula is C8H6F5N3. The number of hydrazine groups is 2. The Balaban J connectivity index is 2.46. The van der Waals surface area contributed by atoms with Gasteiger partial charge in [-0.05, 0) is 0 Å². The molecule has 3 nitrogen and oxygen atoms in total. The second-order valence-corrected chi connectivity index (χ2v) is 3.16. The fraction of sp³-hybridized carbons (Fsp3) is 0.250. The number of hydrogen-bond acceptors (Lipinski definition) is 3. The normalized spacial score (nSPS) is 33.4. The summed E-state index contributed by atoms with van der Waals surface area (Å²) in [6, 6.07) is 6.09. The van der Waals surface area contributed by atoms with Crippen molar-refractivity contribution in [1.29, 1.82) is 0 Å². The number of halogens is 5. The van der Waals surface area contributed by atoms with Gasteiger partial charge in [-0.2, -0.15) is 0 Å². The predicted molar refractivity (Wildman–Crippen MR) is 43.0 cm³/mol. The lowest BCUT2D eigenvalue weighted by atomic mass is 10.0. The van der Waals surface area contributed by atoms with Crippen molar-refractivity contribution in [2.45, 2.75) is 12.1 Å². The van der Waals surface area contributed by atoms with Gasteiger partial charge in [-0.1, -0.05) is 34.8 Å². The first-order valence-corrected chi connectivity index (χ1v) is 4.25. The van der Waals surface area contributed by atoms with Gasteiger partial charge in [0, 0.05) is 16.0 Å². The zero-order chi connectivity index (χ0) is 11.9. The van der Waals surface area contributed by atoms with Crippen molar-refractivity contribution in [1.82, 2.24) is 15.8 Å². The van der Waals surface area contributed by atoms with Gasteiger partial charge >= 0.3 is 0 Å². The maximum Gasteiger partial charge on any atom is 0.283 e. The molecular weight excluding hydrogens is 233 g/mol. The van der Waals surface area contributed by atoms with Crippen molar-refractivity contribution in [3.63, 3.8) is 0 Å². The summed E-state index contributed by atoms with van der Waals surface area (Å²) >= 11 is 0. The van der Waals surface area contributed by atoms with Crippen molar-refractivity contribution in [3.8, 4) is 0 Å². The van der Waals surface area contributed by atoms with Crippen LogP contribution in [-0.2, 0) is 5.79 Å². The monoisotopic (exact) mass is 239 g/mol. The number of benzene rings is 1. The fourth-order valence-electron chi connectivity index (χ4n) is 1.42. The molecule has 1 fully saturated rings. The van der Waals surface area contributed by atoms with E-state index in [9.17, 15) is 22.2 Å². The van der Waals surface area contributed by atoms with Crippen LogP contribution in [0.15, 0.2) is 30.3 Å². The smallest absolute Gasteiger partial charge is 0.220 e. The van der Waals surface area contributed by atoms with Crippen LogP contribution in [0.25, 0.3) is 0 Å². The molecule has 1 aromatic carbocycles. The van der Waals surface area contributed by atoms with Gasteiger partial charge in [0.15, 0.2) is 0 Å². The van der Waals surface area contributed by atoms with Gasteiger partial charge in [-0.25, -0.2) is 8.78 Å². The molecule has 88 valence electrons. The first-order valence-electron chi connectivity index (χ1n) is 4.25. The van der Waals surface area contributed by atoms with Crippen molar-refractivity contribution in [3.05, 3.63) is 35.9 Å². The van der Waals surface area contributed by atoms with E-state index >= 15 is 0 Å². The molecule has 0 radical (unpaired) electrons. The summed E-state index contributed by atoms with van der Waals surface area (Å²) < 4.78 is 65.4. The number of nitrogens with zero attached hydrogens (tertiary/aromatic N) is 3. The van der Waals surface area contributed by atoms with E-state index in [-0.39, 0.29) is 0 Å². The van der Waals surface area contributed by atoms with Crippen LogP contribution in [0.5, 0.6) is 0 Å². The second kappa shape index (κ2) is 3.65.